The van der Waals surface area contributed by atoms with Gasteiger partial charge in [-0.15, -0.1) is 22.0 Å². The minimum Gasteiger partial charge on any atom is -0.300 e. The van der Waals surface area contributed by atoms with E-state index in [1.807, 2.05) is 30.3 Å². The number of carbonyl (C=O) groups excluding carboxylic acids is 1. The number of hydrogen-bond donors (Lipinski definition) is 1. The first-order valence-corrected chi connectivity index (χ1v) is 11.6. The van der Waals surface area contributed by atoms with E-state index in [0.29, 0.717) is 10.9 Å². The molecule has 8 heteroatoms. The van der Waals surface area contributed by atoms with Crippen LogP contribution in [0, 0.1) is 0 Å². The average molecular weight is 466 g/mol. The van der Waals surface area contributed by atoms with Crippen molar-refractivity contribution in [2.75, 3.05) is 11.1 Å². The van der Waals surface area contributed by atoms with E-state index in [9.17, 15) is 4.79 Å². The van der Waals surface area contributed by atoms with Crippen molar-refractivity contribution in [3.8, 4) is 0 Å². The van der Waals surface area contributed by atoms with Crippen molar-refractivity contribution in [3.05, 3.63) is 70.2 Å². The molecule has 1 amide bonds. The summed E-state index contributed by atoms with van der Waals surface area (Å²) < 4.78 is 1.91. The average Bonchev–Trinajstić information content (AvgIpc) is 3.10. The van der Waals surface area contributed by atoms with E-state index in [0.717, 1.165) is 20.3 Å². The second-order valence-corrected chi connectivity index (χ2v) is 9.42. The van der Waals surface area contributed by atoms with Crippen LogP contribution in [-0.4, -0.2) is 21.9 Å². The van der Waals surface area contributed by atoms with Crippen molar-refractivity contribution in [1.82, 2.24) is 10.2 Å². The van der Waals surface area contributed by atoms with Crippen LogP contribution in [0.3, 0.4) is 0 Å². The van der Waals surface area contributed by atoms with Gasteiger partial charge < -0.3 is 0 Å². The maximum Gasteiger partial charge on any atom is 0.236 e. The smallest absolute Gasteiger partial charge is 0.236 e. The summed E-state index contributed by atoms with van der Waals surface area (Å²) in [7, 11) is 0. The largest absolute Gasteiger partial charge is 0.300 e. The Morgan fingerprint density at radius 2 is 1.73 bits per heavy atom. The predicted molar refractivity (Wildman–Crippen MR) is 115 cm³/mol. The van der Waals surface area contributed by atoms with Gasteiger partial charge >= 0.3 is 0 Å². The molecule has 134 valence electrons. The van der Waals surface area contributed by atoms with E-state index >= 15 is 0 Å². The van der Waals surface area contributed by atoms with Crippen LogP contribution in [-0.2, 0) is 16.3 Å². The van der Waals surface area contributed by atoms with Gasteiger partial charge in [0.05, 0.1) is 5.75 Å². The number of carbonyl (C=O) groups is 1. The summed E-state index contributed by atoms with van der Waals surface area (Å²) in [5.74, 6) is 1.98. The molecule has 0 unspecified atom stereocenters. The van der Waals surface area contributed by atoms with Gasteiger partial charge in [-0.2, -0.15) is 0 Å². The Balaban J connectivity index is 1.40. The molecule has 1 heterocycles. The quantitative estimate of drug-likeness (QED) is 0.353. The highest BCUT2D eigenvalue weighted by molar-refractivity contribution is 9.10. The normalized spacial score (nSPS) is 10.7. The van der Waals surface area contributed by atoms with Crippen LogP contribution in [0.15, 0.2) is 63.4 Å². The molecule has 3 aromatic rings. The SMILES string of the molecule is O=C(CSCc1ccc(Br)cc1)Nc1nnc(SCc2ccccc2)s1. The fraction of sp³-hybridized carbons (Fsp3) is 0.167. The van der Waals surface area contributed by atoms with E-state index in [1.54, 1.807) is 23.5 Å². The molecule has 0 radical (unpaired) electrons. The lowest BCUT2D eigenvalue weighted by Gasteiger charge is -2.02. The zero-order chi connectivity index (χ0) is 18.2. The highest BCUT2D eigenvalue weighted by Crippen LogP contribution is 2.28. The van der Waals surface area contributed by atoms with E-state index in [1.165, 1.54) is 22.5 Å². The third-order valence-corrected chi connectivity index (χ3v) is 6.85. The van der Waals surface area contributed by atoms with Crippen molar-refractivity contribution in [2.45, 2.75) is 15.8 Å². The molecule has 0 aliphatic rings. The summed E-state index contributed by atoms with van der Waals surface area (Å²) in [4.78, 5) is 12.0. The number of benzene rings is 2. The Labute approximate surface area is 173 Å². The molecular weight excluding hydrogens is 450 g/mol. The highest BCUT2D eigenvalue weighted by atomic mass is 79.9. The number of rotatable bonds is 8. The summed E-state index contributed by atoms with van der Waals surface area (Å²) in [6.45, 7) is 0. The predicted octanol–water partition coefficient (Wildman–Crippen LogP) is 5.46. The molecule has 0 aliphatic heterocycles. The van der Waals surface area contributed by atoms with Crippen molar-refractivity contribution in [3.63, 3.8) is 0 Å². The van der Waals surface area contributed by atoms with Crippen LogP contribution >= 0.6 is 50.8 Å². The van der Waals surface area contributed by atoms with E-state index in [2.05, 4.69) is 55.7 Å². The molecule has 4 nitrogen and oxygen atoms in total. The molecule has 0 saturated carbocycles. The maximum atomic E-state index is 12.0. The summed E-state index contributed by atoms with van der Waals surface area (Å²) >= 11 is 8.02. The van der Waals surface area contributed by atoms with Gasteiger partial charge in [-0.1, -0.05) is 81.5 Å². The number of anilines is 1. The van der Waals surface area contributed by atoms with Crippen LogP contribution in [0.1, 0.15) is 11.1 Å². The number of amides is 1. The molecule has 1 N–H and O–H groups in total. The lowest BCUT2D eigenvalue weighted by atomic mass is 10.2. The van der Waals surface area contributed by atoms with Crippen LogP contribution in [0.4, 0.5) is 5.13 Å². The molecule has 0 fully saturated rings. The van der Waals surface area contributed by atoms with Crippen LogP contribution in [0.25, 0.3) is 0 Å². The maximum absolute atomic E-state index is 12.0. The van der Waals surface area contributed by atoms with Gasteiger partial charge in [0.15, 0.2) is 4.34 Å². The molecule has 26 heavy (non-hydrogen) atoms. The van der Waals surface area contributed by atoms with E-state index in [-0.39, 0.29) is 5.91 Å². The Morgan fingerprint density at radius 1 is 1.00 bits per heavy atom. The second kappa shape index (κ2) is 10.1. The number of thioether (sulfide) groups is 2. The highest BCUT2D eigenvalue weighted by Gasteiger charge is 2.09. The molecule has 0 aliphatic carbocycles. The van der Waals surface area contributed by atoms with Gasteiger partial charge in [-0.3, -0.25) is 10.1 Å². The molecule has 0 saturated heterocycles. The Kier molecular flexibility index (Phi) is 7.55. The first kappa shape index (κ1) is 19.4. The van der Waals surface area contributed by atoms with Crippen molar-refractivity contribution in [1.29, 1.82) is 0 Å². The number of halogens is 1. The fourth-order valence-corrected chi connectivity index (χ4v) is 4.81. The molecule has 0 atom stereocenters. The van der Waals surface area contributed by atoms with Crippen molar-refractivity contribution >= 4 is 61.8 Å². The summed E-state index contributed by atoms with van der Waals surface area (Å²) in [5.41, 5.74) is 2.43. The van der Waals surface area contributed by atoms with Gasteiger partial charge in [0.2, 0.25) is 11.0 Å². The van der Waals surface area contributed by atoms with E-state index in [4.69, 9.17) is 0 Å². The van der Waals surface area contributed by atoms with Gasteiger partial charge in [-0.05, 0) is 23.3 Å². The third kappa shape index (κ3) is 6.42. The first-order valence-electron chi connectivity index (χ1n) is 7.81. The molecule has 2 aromatic carbocycles. The molecular formula is C18H16BrN3OS3. The molecule has 0 spiro atoms. The monoisotopic (exact) mass is 465 g/mol. The van der Waals surface area contributed by atoms with Gasteiger partial charge in [0.25, 0.3) is 0 Å². The standard InChI is InChI=1S/C18H16BrN3OS3/c19-15-8-6-14(7-9-15)10-24-12-16(23)20-17-21-22-18(26-17)25-11-13-4-2-1-3-5-13/h1-9H,10-12H2,(H,20,21,23). The summed E-state index contributed by atoms with van der Waals surface area (Å²) in [6.07, 6.45) is 0. The number of hydrogen-bond acceptors (Lipinski definition) is 6. The van der Waals surface area contributed by atoms with Gasteiger partial charge in [0.1, 0.15) is 0 Å². The van der Waals surface area contributed by atoms with Gasteiger partial charge in [-0.25, -0.2) is 0 Å². The summed E-state index contributed by atoms with van der Waals surface area (Å²) in [5, 5.41) is 11.5. The topological polar surface area (TPSA) is 54.9 Å². The Morgan fingerprint density at radius 3 is 2.50 bits per heavy atom. The number of aromatic nitrogens is 2. The Hall–Kier alpha value is -1.35. The van der Waals surface area contributed by atoms with Crippen molar-refractivity contribution in [2.24, 2.45) is 0 Å². The summed E-state index contributed by atoms with van der Waals surface area (Å²) in [6, 6.07) is 18.3. The van der Waals surface area contributed by atoms with Crippen LogP contribution in [0.2, 0.25) is 0 Å². The molecule has 3 rings (SSSR count). The van der Waals surface area contributed by atoms with Crippen LogP contribution < -0.4 is 5.32 Å². The molecule has 0 bridgehead atoms. The fourth-order valence-electron chi connectivity index (χ4n) is 2.04. The third-order valence-electron chi connectivity index (χ3n) is 3.27. The lowest BCUT2D eigenvalue weighted by molar-refractivity contribution is -0.113. The minimum atomic E-state index is -0.0529. The lowest BCUT2D eigenvalue weighted by Crippen LogP contribution is -2.13. The Bertz CT molecular complexity index is 840. The van der Waals surface area contributed by atoms with E-state index < -0.39 is 0 Å². The molecule has 1 aromatic heterocycles. The zero-order valence-corrected chi connectivity index (χ0v) is 17.8. The number of nitrogens with zero attached hydrogens (tertiary/aromatic N) is 2. The second-order valence-electron chi connectivity index (χ2n) is 5.31. The zero-order valence-electron chi connectivity index (χ0n) is 13.7. The van der Waals surface area contributed by atoms with Crippen molar-refractivity contribution < 1.29 is 4.79 Å². The van der Waals surface area contributed by atoms with Gasteiger partial charge in [0, 0.05) is 16.0 Å². The minimum absolute atomic E-state index is 0.0529. The number of nitrogens with one attached hydrogen (secondary N) is 1. The van der Waals surface area contributed by atoms with Crippen LogP contribution in [0.5, 0.6) is 0 Å². The first-order chi connectivity index (χ1) is 12.7.